The first-order chi connectivity index (χ1) is 6.71. The summed E-state index contributed by atoms with van der Waals surface area (Å²) in [6.45, 7) is 0. The standard InChI is InChI=1S/15ClH.3Mo/h15*1H;;;/q;;;;;;;;;;;;;;;3*+5/p-15. The average Bonchev–Trinajstić information content (AvgIpc) is 1.29. The van der Waals surface area contributed by atoms with E-state index in [1.54, 1.807) is 0 Å². The zero-order chi connectivity index (χ0) is 16.3. The molecule has 0 aliphatic rings. The Kier molecular flexibility index (Phi) is 14.4. The summed E-state index contributed by atoms with van der Waals surface area (Å²) < 4.78 is 0. The van der Waals surface area contributed by atoms with Gasteiger partial charge in [0.1, 0.15) is 0 Å². The van der Waals surface area contributed by atoms with E-state index >= 15 is 0 Å². The van der Waals surface area contributed by atoms with Crippen LogP contribution >= 0.6 is 141 Å². The SMILES string of the molecule is [Cl][Mo]([Cl])([Cl])([Cl])[Cl].[Cl][Mo]([Cl])([Cl])([Cl])[Cl].[Cl][Mo]([Cl])([Cl])([Cl])[Cl]. The molecule has 0 radical (unpaired) electrons. The Labute approximate surface area is 166 Å². The molecule has 0 aliphatic heterocycles. The van der Waals surface area contributed by atoms with Crippen molar-refractivity contribution in [1.29, 1.82) is 0 Å². The van der Waals surface area contributed by atoms with Gasteiger partial charge in [-0.05, 0) is 0 Å². The van der Waals surface area contributed by atoms with Gasteiger partial charge in [0, 0.05) is 0 Å². The zero-order valence-electron chi connectivity index (χ0n) is 6.89. The molecule has 0 atom stereocenters. The van der Waals surface area contributed by atoms with Crippen LogP contribution < -0.4 is 0 Å². The molecular weight excluding hydrogens is 820 g/mol. The second kappa shape index (κ2) is 8.87. The van der Waals surface area contributed by atoms with E-state index in [1.165, 1.54) is 0 Å². The van der Waals surface area contributed by atoms with Crippen LogP contribution in [0, 0.1) is 0 Å². The van der Waals surface area contributed by atoms with Crippen molar-refractivity contribution in [2.75, 3.05) is 0 Å². The minimum atomic E-state index is -4.26. The van der Waals surface area contributed by atoms with Crippen LogP contribution in [0.2, 0.25) is 0 Å². The molecule has 0 N–H and O–H groups in total. The van der Waals surface area contributed by atoms with Crippen LogP contribution in [0.15, 0.2) is 0 Å². The summed E-state index contributed by atoms with van der Waals surface area (Å²) in [5.74, 6) is 0. The zero-order valence-corrected chi connectivity index (χ0v) is 24.3. The third-order valence-electron chi connectivity index (χ3n) is 0. The molecule has 0 fully saturated rings. The fourth-order valence-electron chi connectivity index (χ4n) is 0. The van der Waals surface area contributed by atoms with E-state index in [0.29, 0.717) is 0 Å². The third-order valence-corrected chi connectivity index (χ3v) is 0. The van der Waals surface area contributed by atoms with Gasteiger partial charge in [-0.1, -0.05) is 0 Å². The van der Waals surface area contributed by atoms with Gasteiger partial charge in [0.15, 0.2) is 0 Å². The van der Waals surface area contributed by atoms with Crippen molar-refractivity contribution in [3.63, 3.8) is 0 Å². The Morgan fingerprint density at radius 3 is 0.222 bits per heavy atom. The van der Waals surface area contributed by atoms with Crippen LogP contribution in [0.5, 0.6) is 0 Å². The molecule has 0 unspecified atom stereocenters. The van der Waals surface area contributed by atoms with E-state index in [0.717, 1.165) is 0 Å². The second-order valence-corrected chi connectivity index (χ2v) is 93.2. The molecule has 0 aromatic rings. The molecule has 123 valence electrons. The van der Waals surface area contributed by atoms with Gasteiger partial charge in [-0.2, -0.15) is 0 Å². The first-order valence-electron chi connectivity index (χ1n) is 2.31. The monoisotopic (exact) mass is 818 g/mol. The van der Waals surface area contributed by atoms with Gasteiger partial charge in [0.25, 0.3) is 0 Å². The molecule has 0 aliphatic carbocycles. The Bertz CT molecular complexity index is 159. The van der Waals surface area contributed by atoms with Crippen LogP contribution in [-0.2, 0) is 28.8 Å². The molecular formula is Cl15Mo3. The van der Waals surface area contributed by atoms with Crippen LogP contribution in [0.1, 0.15) is 0 Å². The minimum absolute atomic E-state index is 4.26. The fraction of sp³-hybridized carbons (Fsp3) is 0. The van der Waals surface area contributed by atoms with E-state index in [9.17, 15) is 0 Å². The summed E-state index contributed by atoms with van der Waals surface area (Å²) in [5.41, 5.74) is 0. The van der Waals surface area contributed by atoms with E-state index in [1.807, 2.05) is 0 Å². The summed E-state index contributed by atoms with van der Waals surface area (Å²) >= 11 is 0. The number of halogens is 15. The van der Waals surface area contributed by atoms with Gasteiger partial charge >= 0.3 is 170 Å². The fourth-order valence-corrected chi connectivity index (χ4v) is 0. The van der Waals surface area contributed by atoms with Gasteiger partial charge in [-0.25, -0.2) is 0 Å². The summed E-state index contributed by atoms with van der Waals surface area (Å²) in [6.07, 6.45) is 0. The molecule has 0 aromatic carbocycles. The van der Waals surface area contributed by atoms with Gasteiger partial charge in [0.05, 0.1) is 0 Å². The van der Waals surface area contributed by atoms with Crippen molar-refractivity contribution < 1.29 is 28.8 Å². The van der Waals surface area contributed by atoms with Gasteiger partial charge in [-0.15, -0.1) is 0 Å². The molecule has 0 saturated heterocycles. The molecule has 18 heavy (non-hydrogen) atoms. The van der Waals surface area contributed by atoms with E-state index < -0.39 is 28.8 Å². The van der Waals surface area contributed by atoms with Crippen molar-refractivity contribution in [2.45, 2.75) is 0 Å². The molecule has 0 nitrogen and oxygen atoms in total. The first-order valence-corrected chi connectivity index (χ1v) is 41.1. The summed E-state index contributed by atoms with van der Waals surface area (Å²) in [6, 6.07) is 0. The Morgan fingerprint density at radius 2 is 0.222 bits per heavy atom. The topological polar surface area (TPSA) is 0 Å². The van der Waals surface area contributed by atoms with Crippen molar-refractivity contribution in [1.82, 2.24) is 0 Å². The number of rotatable bonds is 0. The molecule has 0 rings (SSSR count). The van der Waals surface area contributed by atoms with Crippen molar-refractivity contribution >= 4 is 141 Å². The molecule has 0 bridgehead atoms. The van der Waals surface area contributed by atoms with Crippen molar-refractivity contribution in [3.05, 3.63) is 0 Å². The second-order valence-electron chi connectivity index (χ2n) is 1.75. The molecule has 0 amide bonds. The predicted molar refractivity (Wildman–Crippen MR) is 87.8 cm³/mol. The van der Waals surface area contributed by atoms with E-state index in [-0.39, 0.29) is 0 Å². The maximum absolute atomic E-state index is 5.04. The normalized spacial score (nSPS) is 19.2. The van der Waals surface area contributed by atoms with E-state index in [4.69, 9.17) is 141 Å². The summed E-state index contributed by atoms with van der Waals surface area (Å²) in [4.78, 5) is 0. The third kappa shape index (κ3) is 250. The van der Waals surface area contributed by atoms with E-state index in [2.05, 4.69) is 0 Å². The maximum atomic E-state index is 5.04. The summed E-state index contributed by atoms with van der Waals surface area (Å²) in [7, 11) is 62.8. The van der Waals surface area contributed by atoms with Gasteiger partial charge < -0.3 is 0 Å². The Balaban J connectivity index is -0.000000187. The Morgan fingerprint density at radius 1 is 0.222 bits per heavy atom. The Hall–Kier alpha value is 6.41. The molecule has 0 saturated carbocycles. The molecule has 0 spiro atoms. The van der Waals surface area contributed by atoms with Gasteiger partial charge in [-0.3, -0.25) is 0 Å². The van der Waals surface area contributed by atoms with Crippen molar-refractivity contribution in [3.8, 4) is 0 Å². The van der Waals surface area contributed by atoms with Gasteiger partial charge in [0.2, 0.25) is 0 Å². The predicted octanol–water partition coefficient (Wildman–Crippen LogP) is 10.3. The average molecular weight is 820 g/mol. The quantitative estimate of drug-likeness (QED) is 0.214. The van der Waals surface area contributed by atoms with Crippen LogP contribution in [0.3, 0.4) is 0 Å². The molecule has 0 aromatic heterocycles. The molecule has 18 heteroatoms. The van der Waals surface area contributed by atoms with Crippen molar-refractivity contribution in [2.24, 2.45) is 0 Å². The summed E-state index contributed by atoms with van der Waals surface area (Å²) in [5, 5.41) is 0. The number of hydrogen-bond acceptors (Lipinski definition) is 0. The van der Waals surface area contributed by atoms with Crippen LogP contribution in [0.25, 0.3) is 0 Å². The number of hydrogen-bond donors (Lipinski definition) is 0. The first kappa shape index (κ1) is 29.2. The molecule has 0 heterocycles. The van der Waals surface area contributed by atoms with Crippen LogP contribution in [0.4, 0.5) is 0 Å². The van der Waals surface area contributed by atoms with Crippen LogP contribution in [-0.4, -0.2) is 0 Å².